The van der Waals surface area contributed by atoms with Crippen LogP contribution in [0.1, 0.15) is 15.9 Å². The molecule has 0 amide bonds. The van der Waals surface area contributed by atoms with E-state index in [1.807, 2.05) is 12.1 Å². The molecular weight excluding hydrogens is 351 g/mol. The highest BCUT2D eigenvalue weighted by atomic mass is 19.1. The summed E-state index contributed by atoms with van der Waals surface area (Å²) < 4.78 is 18.8. The Bertz CT molecular complexity index is 1310. The summed E-state index contributed by atoms with van der Waals surface area (Å²) >= 11 is 0. The van der Waals surface area contributed by atoms with Crippen LogP contribution in [0.2, 0.25) is 0 Å². The second-order valence-electron chi connectivity index (χ2n) is 6.02. The third-order valence-corrected chi connectivity index (χ3v) is 4.21. The fraction of sp³-hybridized carbons (Fsp3) is 0.0500. The molecule has 0 unspecified atom stereocenters. The normalized spacial score (nSPS) is 11.0. The van der Waals surface area contributed by atoms with Gasteiger partial charge in [0.05, 0.1) is 11.1 Å². The smallest absolute Gasteiger partial charge is 0.339 e. The Labute approximate surface area is 151 Å². The molecule has 2 aromatic carbocycles. The molecule has 0 spiro atoms. The lowest BCUT2D eigenvalue weighted by Gasteiger charge is -2.08. The van der Waals surface area contributed by atoms with Gasteiger partial charge in [0.15, 0.2) is 0 Å². The fourth-order valence-electron chi connectivity index (χ4n) is 2.92. The number of nitrogens with one attached hydrogen (secondary N) is 2. The molecule has 7 heteroatoms. The summed E-state index contributed by atoms with van der Waals surface area (Å²) in [5.41, 5.74) is 0.314. The molecule has 27 heavy (non-hydrogen) atoms. The van der Waals surface area contributed by atoms with Crippen molar-refractivity contribution in [3.05, 3.63) is 92.2 Å². The molecule has 0 saturated heterocycles. The van der Waals surface area contributed by atoms with Crippen LogP contribution in [-0.2, 0) is 11.3 Å². The van der Waals surface area contributed by atoms with Crippen molar-refractivity contribution in [3.8, 4) is 0 Å². The van der Waals surface area contributed by atoms with Crippen LogP contribution >= 0.6 is 0 Å². The highest BCUT2D eigenvalue weighted by Crippen LogP contribution is 2.18. The van der Waals surface area contributed by atoms with Crippen LogP contribution in [0, 0.1) is 5.82 Å². The van der Waals surface area contributed by atoms with Gasteiger partial charge in [-0.25, -0.2) is 9.18 Å². The number of aromatic amines is 2. The Kier molecular flexibility index (Phi) is 4.04. The molecule has 2 N–H and O–H groups in total. The lowest BCUT2D eigenvalue weighted by molar-refractivity contribution is 0.0473. The van der Waals surface area contributed by atoms with Crippen molar-refractivity contribution < 1.29 is 13.9 Å². The zero-order valence-electron chi connectivity index (χ0n) is 13.9. The van der Waals surface area contributed by atoms with Gasteiger partial charge in [0, 0.05) is 22.5 Å². The lowest BCUT2D eigenvalue weighted by Crippen LogP contribution is -2.17. The van der Waals surface area contributed by atoms with Crippen LogP contribution in [0.15, 0.2) is 64.2 Å². The molecule has 0 aliphatic heterocycles. The lowest BCUT2D eigenvalue weighted by atomic mass is 10.1. The van der Waals surface area contributed by atoms with Crippen LogP contribution in [-0.4, -0.2) is 15.9 Å². The maximum atomic E-state index is 13.5. The van der Waals surface area contributed by atoms with Gasteiger partial charge >= 0.3 is 5.97 Å². The minimum Gasteiger partial charge on any atom is -0.457 e. The van der Waals surface area contributed by atoms with Crippen LogP contribution in [0.4, 0.5) is 4.39 Å². The van der Waals surface area contributed by atoms with E-state index in [2.05, 4.69) is 9.97 Å². The first-order chi connectivity index (χ1) is 13.0. The number of benzene rings is 2. The van der Waals surface area contributed by atoms with Gasteiger partial charge in [-0.3, -0.25) is 9.59 Å². The summed E-state index contributed by atoms with van der Waals surface area (Å²) in [6, 6.07) is 13.6. The van der Waals surface area contributed by atoms with Crippen molar-refractivity contribution in [3.63, 3.8) is 0 Å². The van der Waals surface area contributed by atoms with Crippen LogP contribution in [0.3, 0.4) is 0 Å². The van der Waals surface area contributed by atoms with Gasteiger partial charge in [-0.2, -0.15) is 0 Å². The Morgan fingerprint density at radius 3 is 2.63 bits per heavy atom. The zero-order chi connectivity index (χ0) is 19.0. The van der Waals surface area contributed by atoms with Gasteiger partial charge in [-0.1, -0.05) is 18.2 Å². The highest BCUT2D eigenvalue weighted by Gasteiger charge is 2.15. The standard InChI is InChI=1S/C20H13FN2O4/c21-13-5-6-17-14(8-13)15(9-18(24)22-17)20(26)27-10-12-7-11-3-1-2-4-16(11)23-19(12)25/h1-9H,10H2,(H,22,24)(H,23,25). The summed E-state index contributed by atoms with van der Waals surface area (Å²) in [5, 5.41) is 1.03. The second kappa shape index (κ2) is 6.53. The number of pyridine rings is 2. The quantitative estimate of drug-likeness (QED) is 0.547. The summed E-state index contributed by atoms with van der Waals surface area (Å²) in [4.78, 5) is 41.6. The average molecular weight is 364 g/mol. The van der Waals surface area contributed by atoms with Crippen molar-refractivity contribution in [1.29, 1.82) is 0 Å². The Hall–Kier alpha value is -3.74. The molecule has 4 rings (SSSR count). The van der Waals surface area contributed by atoms with E-state index >= 15 is 0 Å². The Balaban J connectivity index is 1.67. The number of H-pyrrole nitrogens is 2. The second-order valence-corrected chi connectivity index (χ2v) is 6.02. The van der Waals surface area contributed by atoms with E-state index in [4.69, 9.17) is 4.74 Å². The number of halogens is 1. The van der Waals surface area contributed by atoms with Crippen LogP contribution in [0.25, 0.3) is 21.8 Å². The van der Waals surface area contributed by atoms with E-state index in [9.17, 15) is 18.8 Å². The molecule has 0 aliphatic rings. The molecular formula is C20H13FN2O4. The molecule has 4 aromatic rings. The van der Waals surface area contributed by atoms with E-state index in [0.29, 0.717) is 11.0 Å². The number of carbonyl (C=O) groups is 1. The van der Waals surface area contributed by atoms with Gasteiger partial charge in [-0.15, -0.1) is 0 Å². The van der Waals surface area contributed by atoms with Gasteiger partial charge in [0.25, 0.3) is 5.56 Å². The monoisotopic (exact) mass is 364 g/mol. The molecule has 6 nitrogen and oxygen atoms in total. The number of carbonyl (C=O) groups excluding carboxylic acids is 1. The SMILES string of the molecule is O=C(OCc1cc2ccccc2[nH]c1=O)c1cc(=O)[nH]c2ccc(F)cc12. The van der Waals surface area contributed by atoms with Crippen molar-refractivity contribution in [1.82, 2.24) is 9.97 Å². The minimum absolute atomic E-state index is 0.0644. The average Bonchev–Trinajstić information content (AvgIpc) is 2.65. The predicted octanol–water partition coefficient (Wildman–Crippen LogP) is 2.87. The van der Waals surface area contributed by atoms with Gasteiger partial charge in [-0.05, 0) is 35.7 Å². The van der Waals surface area contributed by atoms with Crippen molar-refractivity contribution in [2.75, 3.05) is 0 Å². The Morgan fingerprint density at radius 1 is 0.963 bits per heavy atom. The number of para-hydroxylation sites is 1. The molecule has 0 fully saturated rings. The number of rotatable bonds is 3. The van der Waals surface area contributed by atoms with Gasteiger partial charge in [0.2, 0.25) is 5.56 Å². The van der Waals surface area contributed by atoms with E-state index in [0.717, 1.165) is 17.5 Å². The van der Waals surface area contributed by atoms with E-state index in [-0.39, 0.29) is 28.7 Å². The number of fused-ring (bicyclic) bond motifs is 2. The molecule has 0 radical (unpaired) electrons. The highest BCUT2D eigenvalue weighted by molar-refractivity contribution is 6.03. The van der Waals surface area contributed by atoms with E-state index < -0.39 is 17.3 Å². The summed E-state index contributed by atoms with van der Waals surface area (Å²) in [5.74, 6) is -1.36. The first kappa shape index (κ1) is 16.7. The number of hydrogen-bond acceptors (Lipinski definition) is 4. The largest absolute Gasteiger partial charge is 0.457 e. The molecule has 2 aromatic heterocycles. The minimum atomic E-state index is -0.816. The first-order valence-electron chi connectivity index (χ1n) is 8.12. The molecule has 0 bridgehead atoms. The van der Waals surface area contributed by atoms with Gasteiger partial charge < -0.3 is 14.7 Å². The molecule has 0 saturated carbocycles. The van der Waals surface area contributed by atoms with Crippen LogP contribution < -0.4 is 11.1 Å². The zero-order valence-corrected chi connectivity index (χ0v) is 13.9. The molecule has 0 aliphatic carbocycles. The van der Waals surface area contributed by atoms with Crippen molar-refractivity contribution in [2.45, 2.75) is 6.61 Å². The number of ether oxygens (including phenoxy) is 1. The fourth-order valence-corrected chi connectivity index (χ4v) is 2.92. The summed E-state index contributed by atoms with van der Waals surface area (Å²) in [6.45, 7) is -0.275. The third kappa shape index (κ3) is 3.22. The topological polar surface area (TPSA) is 92.0 Å². The van der Waals surface area contributed by atoms with Crippen molar-refractivity contribution >= 4 is 27.8 Å². The summed E-state index contributed by atoms with van der Waals surface area (Å²) in [7, 11) is 0. The maximum Gasteiger partial charge on any atom is 0.339 e. The first-order valence-corrected chi connectivity index (χ1v) is 8.12. The predicted molar refractivity (Wildman–Crippen MR) is 98.2 cm³/mol. The molecule has 134 valence electrons. The number of aromatic nitrogens is 2. The van der Waals surface area contributed by atoms with Gasteiger partial charge in [0.1, 0.15) is 12.4 Å². The summed E-state index contributed by atoms with van der Waals surface area (Å²) in [6.07, 6.45) is 0. The van der Waals surface area contributed by atoms with Crippen LogP contribution in [0.5, 0.6) is 0 Å². The number of hydrogen-bond donors (Lipinski definition) is 2. The maximum absolute atomic E-state index is 13.5. The van der Waals surface area contributed by atoms with Crippen molar-refractivity contribution in [2.24, 2.45) is 0 Å². The number of esters is 1. The van der Waals surface area contributed by atoms with E-state index in [1.165, 1.54) is 12.1 Å². The molecule has 0 atom stereocenters. The van der Waals surface area contributed by atoms with E-state index in [1.54, 1.807) is 18.2 Å². The third-order valence-electron chi connectivity index (χ3n) is 4.21. The molecule has 2 heterocycles. The Morgan fingerprint density at radius 2 is 1.78 bits per heavy atom.